The molecule has 1 unspecified atom stereocenters. The number of amides is 1. The number of hydrogen-bond donors (Lipinski definition) is 1. The lowest BCUT2D eigenvalue weighted by Gasteiger charge is -2.37. The lowest BCUT2D eigenvalue weighted by Crippen LogP contribution is -2.42. The first-order valence-corrected chi connectivity index (χ1v) is 25.6. The molecule has 0 spiro atoms. The molecule has 1 fully saturated rings. The van der Waals surface area contributed by atoms with E-state index in [1.807, 2.05) is 117 Å². The van der Waals surface area contributed by atoms with Crippen molar-refractivity contribution in [3.05, 3.63) is 184 Å². The Morgan fingerprint density at radius 3 is 2.05 bits per heavy atom. The number of non-ortho nitro benzene ring substituents is 1. The number of anilines is 1. The number of aromatic nitrogens is 4. The first-order valence-electron chi connectivity index (χ1n) is 24.5. The van der Waals surface area contributed by atoms with Gasteiger partial charge in [0, 0.05) is 29.8 Å². The highest BCUT2D eigenvalue weighted by Gasteiger charge is 2.51. The Bertz CT molecular complexity index is 2970. The van der Waals surface area contributed by atoms with E-state index >= 15 is 0 Å². The topological polar surface area (TPSA) is 226 Å². The first-order chi connectivity index (χ1) is 36.9. The summed E-state index contributed by atoms with van der Waals surface area (Å²) in [5, 5.41) is 23.8. The summed E-state index contributed by atoms with van der Waals surface area (Å²) in [7, 11) is 1.24. The molecule has 76 heavy (non-hydrogen) atoms. The molecule has 2 aromatic heterocycles. The maximum atomic E-state index is 13.4. The fraction of sp³-hybridized carbons (Fsp3) is 0.327. The molecule has 1 saturated heterocycles. The lowest BCUT2D eigenvalue weighted by molar-refractivity contribution is -0.384. The van der Waals surface area contributed by atoms with Crippen molar-refractivity contribution in [2.75, 3.05) is 39.5 Å². The molecule has 0 saturated carbocycles. The van der Waals surface area contributed by atoms with Crippen molar-refractivity contribution in [3.63, 3.8) is 0 Å². The fourth-order valence-electron chi connectivity index (χ4n) is 8.90. The van der Waals surface area contributed by atoms with Crippen molar-refractivity contribution in [2.45, 2.75) is 82.9 Å². The second-order valence-corrected chi connectivity index (χ2v) is 19.3. The van der Waals surface area contributed by atoms with Crippen molar-refractivity contribution in [2.24, 2.45) is 0 Å². The summed E-state index contributed by atoms with van der Waals surface area (Å²) >= 11 is 0. The molecule has 1 amide bonds. The molecule has 5 atom stereocenters. The number of carbonyl (C=O) groups excluding carboxylic acids is 1. The van der Waals surface area contributed by atoms with E-state index in [2.05, 4.69) is 21.4 Å². The van der Waals surface area contributed by atoms with E-state index in [1.165, 1.54) is 24.8 Å². The van der Waals surface area contributed by atoms with Gasteiger partial charge in [-0.2, -0.15) is 9.94 Å². The molecule has 396 valence electrons. The number of methoxy groups -OCH3 is 2. The van der Waals surface area contributed by atoms with Crippen LogP contribution in [0, 0.1) is 21.4 Å². The third-order valence-electron chi connectivity index (χ3n) is 12.5. The van der Waals surface area contributed by atoms with Crippen LogP contribution in [0.3, 0.4) is 0 Å². The molecule has 8 rings (SSSR count). The standard InChI is InChI=1S/C55H59N8O12P/c1-37(2)62(38(3)4)76(72-31-13-30-56)75-74-49-47(33-71-55(41-16-11-8-12-17-41,42-20-26-45(67-5)27-21-42)43-22-28-46(68-6)29-23-43)73-54(50(49)70-36-69-32-39-18-24-44(25-19-39)63(65)66)61-35-59-48-51(57-34-58-52(48)61)60-53(64)40-14-9-7-10-15-40/h7-12,14-29,34-35,37-38,47,49-50,54H,13,31-33,36H2,1-6H3,(H,57,58,60,64)/t47-,49-,50-,54-,76?/m1/s1. The number of nitro groups is 1. The van der Waals surface area contributed by atoms with Gasteiger partial charge in [-0.25, -0.2) is 24.5 Å². The maximum Gasteiger partial charge on any atom is 0.292 e. The van der Waals surface area contributed by atoms with Gasteiger partial charge in [0.2, 0.25) is 0 Å². The minimum Gasteiger partial charge on any atom is -0.497 e. The number of benzene rings is 5. The van der Waals surface area contributed by atoms with Crippen LogP contribution in [0.25, 0.3) is 11.2 Å². The Morgan fingerprint density at radius 2 is 1.46 bits per heavy atom. The zero-order valence-corrected chi connectivity index (χ0v) is 43.7. The number of fused-ring (bicyclic) bond motifs is 1. The third kappa shape index (κ3) is 12.7. The summed E-state index contributed by atoms with van der Waals surface area (Å²) in [6.07, 6.45) is -1.39. The van der Waals surface area contributed by atoms with Gasteiger partial charge in [-0.3, -0.25) is 19.5 Å². The summed E-state index contributed by atoms with van der Waals surface area (Å²) in [6, 6.07) is 41.8. The summed E-state index contributed by atoms with van der Waals surface area (Å²) in [5.74, 6) is 1.05. The summed E-state index contributed by atoms with van der Waals surface area (Å²) in [4.78, 5) is 44.7. The summed E-state index contributed by atoms with van der Waals surface area (Å²) < 4.78 is 54.9. The SMILES string of the molecule is COc1ccc(C(OC[C@H]2O[C@@H](n3cnc4c(NC(=O)c5ccccc5)ncnc43)[C@H](OCOCc3ccc([N+](=O)[O-])cc3)[C@@H]2OOP(OCCC#N)N(C(C)C)C(C)C)(c2ccccc2)c2ccc(OC)cc2)cc1. The van der Waals surface area contributed by atoms with E-state index in [0.29, 0.717) is 22.6 Å². The second kappa shape index (κ2) is 26.0. The number of nitrogens with zero attached hydrogens (tertiary/aromatic N) is 7. The number of nitrogens with one attached hydrogen (secondary N) is 1. The van der Waals surface area contributed by atoms with Crippen molar-refractivity contribution in [1.29, 1.82) is 5.26 Å². The highest BCUT2D eigenvalue weighted by Crippen LogP contribution is 2.49. The molecule has 7 aromatic rings. The Balaban J connectivity index is 1.22. The van der Waals surface area contributed by atoms with Gasteiger partial charge in [0.05, 0.1) is 57.8 Å². The predicted molar refractivity (Wildman–Crippen MR) is 281 cm³/mol. The Morgan fingerprint density at radius 1 is 0.842 bits per heavy atom. The number of nitriles is 1. The highest BCUT2D eigenvalue weighted by atomic mass is 31.2. The Labute approximate surface area is 441 Å². The van der Waals surface area contributed by atoms with Crippen LogP contribution < -0.4 is 14.8 Å². The van der Waals surface area contributed by atoms with E-state index in [4.69, 9.17) is 47.5 Å². The Kier molecular flexibility index (Phi) is 18.8. The first kappa shape index (κ1) is 55.0. The van der Waals surface area contributed by atoms with Crippen molar-refractivity contribution < 1.29 is 52.2 Å². The van der Waals surface area contributed by atoms with Crippen LogP contribution in [0.5, 0.6) is 11.5 Å². The average molecular weight is 1060 g/mol. The average Bonchev–Trinajstić information content (AvgIpc) is 4.07. The maximum absolute atomic E-state index is 13.4. The van der Waals surface area contributed by atoms with Gasteiger partial charge < -0.3 is 38.3 Å². The zero-order chi connectivity index (χ0) is 53.6. The van der Waals surface area contributed by atoms with E-state index in [1.54, 1.807) is 55.2 Å². The van der Waals surface area contributed by atoms with E-state index in [9.17, 15) is 20.2 Å². The van der Waals surface area contributed by atoms with E-state index in [0.717, 1.165) is 16.7 Å². The smallest absolute Gasteiger partial charge is 0.292 e. The molecule has 1 N–H and O–H groups in total. The van der Waals surface area contributed by atoms with Gasteiger partial charge in [-0.1, -0.05) is 72.8 Å². The number of nitro benzene ring substituents is 1. The minimum atomic E-state index is -1.97. The summed E-state index contributed by atoms with van der Waals surface area (Å²) in [6.45, 7) is 7.67. The minimum absolute atomic E-state index is 0.0373. The van der Waals surface area contributed by atoms with Crippen molar-refractivity contribution in [1.82, 2.24) is 24.2 Å². The number of carbonyl (C=O) groups is 1. The highest BCUT2D eigenvalue weighted by molar-refractivity contribution is 7.44. The molecular formula is C55H59N8O12P. The normalized spacial score (nSPS) is 17.0. The van der Waals surface area contributed by atoms with Crippen LogP contribution in [0.15, 0.2) is 146 Å². The van der Waals surface area contributed by atoms with Crippen LogP contribution in [-0.2, 0) is 45.2 Å². The van der Waals surface area contributed by atoms with E-state index < -0.39 is 49.5 Å². The second-order valence-electron chi connectivity index (χ2n) is 18.0. The van der Waals surface area contributed by atoms with Gasteiger partial charge in [0.15, 0.2) is 29.3 Å². The molecule has 1 aliphatic heterocycles. The number of rotatable bonds is 26. The summed E-state index contributed by atoms with van der Waals surface area (Å²) in [5.41, 5.74) is 2.60. The molecule has 21 heteroatoms. The number of imidazole rings is 1. The van der Waals surface area contributed by atoms with Gasteiger partial charge in [-0.05, 0) is 98.5 Å². The van der Waals surface area contributed by atoms with Gasteiger partial charge >= 0.3 is 0 Å². The molecule has 0 radical (unpaired) electrons. The van der Waals surface area contributed by atoms with Crippen LogP contribution >= 0.6 is 8.53 Å². The van der Waals surface area contributed by atoms with Crippen LogP contribution in [0.4, 0.5) is 11.5 Å². The van der Waals surface area contributed by atoms with E-state index in [-0.39, 0.29) is 67.8 Å². The monoisotopic (exact) mass is 1050 g/mol. The fourth-order valence-corrected chi connectivity index (χ4v) is 10.3. The quantitative estimate of drug-likeness (QED) is 0.0101. The predicted octanol–water partition coefficient (Wildman–Crippen LogP) is 10.1. The lowest BCUT2D eigenvalue weighted by atomic mass is 9.80. The number of ether oxygens (including phenoxy) is 6. The van der Waals surface area contributed by atoms with Gasteiger partial charge in [-0.15, -0.1) is 0 Å². The third-order valence-corrected chi connectivity index (χ3v) is 14.4. The molecular weight excluding hydrogens is 996 g/mol. The van der Waals surface area contributed by atoms with Crippen LogP contribution in [-0.4, -0.2) is 99.6 Å². The van der Waals surface area contributed by atoms with Gasteiger partial charge in [0.1, 0.15) is 42.4 Å². The number of hydrogen-bond acceptors (Lipinski definition) is 17. The molecule has 1 aliphatic rings. The molecule has 5 aromatic carbocycles. The van der Waals surface area contributed by atoms with Crippen LogP contribution in [0.2, 0.25) is 0 Å². The molecule has 0 aliphatic carbocycles. The largest absolute Gasteiger partial charge is 0.497 e. The molecule has 0 bridgehead atoms. The Hall–Kier alpha value is -7.28. The molecule has 20 nitrogen and oxygen atoms in total. The zero-order valence-electron chi connectivity index (χ0n) is 42.8. The molecule has 3 heterocycles. The van der Waals surface area contributed by atoms with Crippen molar-refractivity contribution in [3.8, 4) is 17.6 Å². The van der Waals surface area contributed by atoms with Gasteiger partial charge in [0.25, 0.3) is 20.1 Å². The van der Waals surface area contributed by atoms with Crippen LogP contribution in [0.1, 0.15) is 73.0 Å². The van der Waals surface area contributed by atoms with Crippen molar-refractivity contribution >= 4 is 37.1 Å².